The Morgan fingerprint density at radius 3 is 2.64 bits per heavy atom. The Hall–Kier alpha value is -3.15. The van der Waals surface area contributed by atoms with Crippen molar-refractivity contribution in [1.29, 1.82) is 0 Å². The van der Waals surface area contributed by atoms with Crippen molar-refractivity contribution in [2.45, 2.75) is 6.92 Å². The molecule has 0 saturated heterocycles. The molecule has 3 N–H and O–H groups in total. The molecule has 0 aliphatic carbocycles. The molecular formula is C16H15N3O3. The Kier molecular flexibility index (Phi) is 4.87. The number of rotatable bonds is 4. The molecule has 112 valence electrons. The first-order chi connectivity index (χ1) is 10.6. The zero-order valence-electron chi connectivity index (χ0n) is 11.9. The highest BCUT2D eigenvalue weighted by molar-refractivity contribution is 6.38. The van der Waals surface area contributed by atoms with Gasteiger partial charge >= 0.3 is 0 Å². The quantitative estimate of drug-likeness (QED) is 0.459. The van der Waals surface area contributed by atoms with Crippen molar-refractivity contribution in [3.8, 4) is 5.75 Å². The molecule has 0 spiro atoms. The van der Waals surface area contributed by atoms with Gasteiger partial charge in [0.15, 0.2) is 0 Å². The Bertz CT molecular complexity index is 739. The molecular weight excluding hydrogens is 282 g/mol. The SMILES string of the molecule is Cc1ccccc1C(=O)NN=C(C=NO)c1cccc(O)c1. The van der Waals surface area contributed by atoms with E-state index in [0.29, 0.717) is 11.1 Å². The number of benzene rings is 2. The smallest absolute Gasteiger partial charge is 0.271 e. The van der Waals surface area contributed by atoms with Crippen LogP contribution in [0.25, 0.3) is 0 Å². The number of hydrazone groups is 1. The second-order valence-corrected chi connectivity index (χ2v) is 4.55. The lowest BCUT2D eigenvalue weighted by Gasteiger charge is -2.05. The van der Waals surface area contributed by atoms with E-state index < -0.39 is 0 Å². The molecule has 6 nitrogen and oxygen atoms in total. The number of hydrogen-bond donors (Lipinski definition) is 3. The number of aromatic hydroxyl groups is 1. The van der Waals surface area contributed by atoms with Gasteiger partial charge in [0.1, 0.15) is 11.5 Å². The predicted molar refractivity (Wildman–Crippen MR) is 83.6 cm³/mol. The molecule has 2 aromatic rings. The van der Waals surface area contributed by atoms with E-state index >= 15 is 0 Å². The van der Waals surface area contributed by atoms with Crippen LogP contribution in [0, 0.1) is 6.92 Å². The maximum atomic E-state index is 12.1. The Labute approximate surface area is 127 Å². The minimum atomic E-state index is -0.373. The van der Waals surface area contributed by atoms with E-state index in [0.717, 1.165) is 11.8 Å². The van der Waals surface area contributed by atoms with Gasteiger partial charge in [-0.2, -0.15) is 5.10 Å². The molecule has 0 aliphatic rings. The van der Waals surface area contributed by atoms with Crippen molar-refractivity contribution < 1.29 is 15.1 Å². The van der Waals surface area contributed by atoms with Gasteiger partial charge in [-0.3, -0.25) is 4.79 Å². The first-order valence-electron chi connectivity index (χ1n) is 6.52. The van der Waals surface area contributed by atoms with Crippen LogP contribution in [0.15, 0.2) is 58.8 Å². The zero-order valence-corrected chi connectivity index (χ0v) is 11.9. The first kappa shape index (κ1) is 15.2. The van der Waals surface area contributed by atoms with Crippen molar-refractivity contribution in [2.24, 2.45) is 10.3 Å². The van der Waals surface area contributed by atoms with Gasteiger partial charge in [0, 0.05) is 11.1 Å². The van der Waals surface area contributed by atoms with Crippen LogP contribution < -0.4 is 5.43 Å². The number of hydrogen-bond acceptors (Lipinski definition) is 5. The minimum absolute atomic E-state index is 0.0433. The highest BCUT2D eigenvalue weighted by Crippen LogP contribution is 2.11. The van der Waals surface area contributed by atoms with Crippen molar-refractivity contribution in [3.05, 3.63) is 65.2 Å². The van der Waals surface area contributed by atoms with Crippen LogP contribution in [-0.2, 0) is 0 Å². The maximum absolute atomic E-state index is 12.1. The lowest BCUT2D eigenvalue weighted by Crippen LogP contribution is -2.21. The lowest BCUT2D eigenvalue weighted by molar-refractivity contribution is 0.0954. The van der Waals surface area contributed by atoms with E-state index in [9.17, 15) is 9.90 Å². The molecule has 2 aromatic carbocycles. The van der Waals surface area contributed by atoms with E-state index in [2.05, 4.69) is 15.7 Å². The van der Waals surface area contributed by atoms with E-state index in [1.165, 1.54) is 12.1 Å². The molecule has 0 heterocycles. The average Bonchev–Trinajstić information content (AvgIpc) is 2.51. The van der Waals surface area contributed by atoms with Gasteiger partial charge in [0.2, 0.25) is 0 Å². The van der Waals surface area contributed by atoms with Crippen molar-refractivity contribution in [2.75, 3.05) is 0 Å². The van der Waals surface area contributed by atoms with Crippen LogP contribution in [-0.4, -0.2) is 28.1 Å². The fraction of sp³-hybridized carbons (Fsp3) is 0.0625. The third kappa shape index (κ3) is 3.69. The molecule has 22 heavy (non-hydrogen) atoms. The van der Waals surface area contributed by atoms with E-state index in [1.807, 2.05) is 19.1 Å². The fourth-order valence-electron chi connectivity index (χ4n) is 1.89. The number of oxime groups is 1. The summed E-state index contributed by atoms with van der Waals surface area (Å²) in [4.78, 5) is 12.1. The molecule has 1 amide bonds. The van der Waals surface area contributed by atoms with Gasteiger partial charge < -0.3 is 10.3 Å². The number of amides is 1. The third-order valence-electron chi connectivity index (χ3n) is 2.99. The van der Waals surface area contributed by atoms with Gasteiger partial charge in [-0.25, -0.2) is 5.43 Å². The Morgan fingerprint density at radius 2 is 1.95 bits per heavy atom. The van der Waals surface area contributed by atoms with Crippen molar-refractivity contribution >= 4 is 17.8 Å². The summed E-state index contributed by atoms with van der Waals surface area (Å²) in [6.07, 6.45) is 1.08. The van der Waals surface area contributed by atoms with Crippen molar-refractivity contribution in [1.82, 2.24) is 5.43 Å². The number of phenolic OH excluding ortho intramolecular Hbond substituents is 1. The molecule has 0 aliphatic heterocycles. The molecule has 0 radical (unpaired) electrons. The lowest BCUT2D eigenvalue weighted by atomic mass is 10.1. The molecule has 2 rings (SSSR count). The third-order valence-corrected chi connectivity index (χ3v) is 2.99. The van der Waals surface area contributed by atoms with E-state index in [4.69, 9.17) is 5.21 Å². The van der Waals surface area contributed by atoms with Crippen LogP contribution in [0.1, 0.15) is 21.5 Å². The van der Waals surface area contributed by atoms with Gasteiger partial charge in [-0.1, -0.05) is 35.5 Å². The average molecular weight is 297 g/mol. The first-order valence-corrected chi connectivity index (χ1v) is 6.52. The second kappa shape index (κ2) is 7.03. The van der Waals surface area contributed by atoms with Crippen LogP contribution in [0.4, 0.5) is 0 Å². The second-order valence-electron chi connectivity index (χ2n) is 4.55. The summed E-state index contributed by atoms with van der Waals surface area (Å²) >= 11 is 0. The standard InChI is InChI=1S/C16H15N3O3/c1-11-5-2-3-8-14(11)16(21)19-18-15(10-17-22)12-6-4-7-13(20)9-12/h2-10,20,22H,1H3,(H,19,21). The topological polar surface area (TPSA) is 94.3 Å². The van der Waals surface area contributed by atoms with Crippen LogP contribution in [0.2, 0.25) is 0 Å². The predicted octanol–water partition coefficient (Wildman–Crippen LogP) is 2.29. The van der Waals surface area contributed by atoms with Crippen LogP contribution >= 0.6 is 0 Å². The summed E-state index contributed by atoms with van der Waals surface area (Å²) in [6, 6.07) is 13.3. The largest absolute Gasteiger partial charge is 0.508 e. The Balaban J connectivity index is 2.25. The highest BCUT2D eigenvalue weighted by atomic mass is 16.4. The maximum Gasteiger partial charge on any atom is 0.271 e. The van der Waals surface area contributed by atoms with E-state index in [-0.39, 0.29) is 17.4 Å². The number of carbonyl (C=O) groups is 1. The summed E-state index contributed by atoms with van der Waals surface area (Å²) in [6.45, 7) is 1.82. The highest BCUT2D eigenvalue weighted by Gasteiger charge is 2.08. The minimum Gasteiger partial charge on any atom is -0.508 e. The number of phenols is 1. The number of nitrogens with zero attached hydrogens (tertiary/aromatic N) is 2. The van der Waals surface area contributed by atoms with E-state index in [1.54, 1.807) is 24.3 Å². The molecule has 0 aromatic heterocycles. The van der Waals surface area contributed by atoms with Gasteiger partial charge in [0.05, 0.1) is 6.21 Å². The molecule has 0 saturated carbocycles. The Morgan fingerprint density at radius 1 is 1.18 bits per heavy atom. The molecule has 0 unspecified atom stereocenters. The summed E-state index contributed by atoms with van der Waals surface area (Å²) in [7, 11) is 0. The molecule has 6 heteroatoms. The summed E-state index contributed by atoms with van der Waals surface area (Å²) < 4.78 is 0. The number of aryl methyl sites for hydroxylation is 1. The summed E-state index contributed by atoms with van der Waals surface area (Å²) in [5, 5.41) is 25.0. The molecule has 0 atom stereocenters. The summed E-state index contributed by atoms with van der Waals surface area (Å²) in [5.74, 6) is -0.330. The van der Waals surface area contributed by atoms with Gasteiger partial charge in [-0.05, 0) is 30.7 Å². The van der Waals surface area contributed by atoms with Gasteiger partial charge in [0.25, 0.3) is 5.91 Å². The van der Waals surface area contributed by atoms with Gasteiger partial charge in [-0.15, -0.1) is 0 Å². The number of nitrogens with one attached hydrogen (secondary N) is 1. The normalized spacial score (nSPS) is 11.6. The number of carbonyl (C=O) groups excluding carboxylic acids is 1. The van der Waals surface area contributed by atoms with Crippen LogP contribution in [0.3, 0.4) is 0 Å². The fourth-order valence-corrected chi connectivity index (χ4v) is 1.89. The molecule has 0 fully saturated rings. The van der Waals surface area contributed by atoms with Crippen LogP contribution in [0.5, 0.6) is 5.75 Å². The zero-order chi connectivity index (χ0) is 15.9. The monoisotopic (exact) mass is 297 g/mol. The summed E-state index contributed by atoms with van der Waals surface area (Å²) in [5.41, 5.74) is 4.45. The molecule has 0 bridgehead atoms. The van der Waals surface area contributed by atoms with Crippen molar-refractivity contribution in [3.63, 3.8) is 0 Å².